The average Bonchev–Trinajstić information content (AvgIpc) is 2.96. The van der Waals surface area contributed by atoms with E-state index in [2.05, 4.69) is 23.3 Å². The number of benzene rings is 2. The Hall–Kier alpha value is -2.95. The lowest BCUT2D eigenvalue weighted by Gasteiger charge is -2.16. The number of para-hydroxylation sites is 1. The van der Waals surface area contributed by atoms with Gasteiger partial charge in [0.15, 0.2) is 5.69 Å². The van der Waals surface area contributed by atoms with Crippen molar-refractivity contribution < 1.29 is 4.79 Å². The maximum absolute atomic E-state index is 12.8. The fourth-order valence-corrected chi connectivity index (χ4v) is 2.73. The Labute approximate surface area is 141 Å². The van der Waals surface area contributed by atoms with E-state index in [1.54, 1.807) is 16.6 Å². The molecule has 0 saturated carbocycles. The van der Waals surface area contributed by atoms with Crippen molar-refractivity contribution in [2.24, 2.45) is 0 Å². The average molecular weight is 320 g/mol. The summed E-state index contributed by atoms with van der Waals surface area (Å²) in [4.78, 5) is 14.3. The summed E-state index contributed by atoms with van der Waals surface area (Å²) in [6.07, 6.45) is 0. The highest BCUT2D eigenvalue weighted by molar-refractivity contribution is 6.05. The SMILES string of the molecule is Cc1ccc(-n2nnc(C(=O)N(C)c3ccccc3)c2C)c(C)c1. The van der Waals surface area contributed by atoms with Crippen LogP contribution in [0.5, 0.6) is 0 Å². The van der Waals surface area contributed by atoms with Crippen LogP contribution in [0, 0.1) is 20.8 Å². The molecule has 0 bridgehead atoms. The van der Waals surface area contributed by atoms with Gasteiger partial charge in [0.25, 0.3) is 5.91 Å². The van der Waals surface area contributed by atoms with Crippen LogP contribution in [0.3, 0.4) is 0 Å². The quantitative estimate of drug-likeness (QED) is 0.742. The van der Waals surface area contributed by atoms with Crippen LogP contribution in [0.2, 0.25) is 0 Å². The van der Waals surface area contributed by atoms with Gasteiger partial charge in [-0.3, -0.25) is 4.79 Å². The molecular weight excluding hydrogens is 300 g/mol. The third kappa shape index (κ3) is 2.80. The number of aryl methyl sites for hydroxylation is 2. The fourth-order valence-electron chi connectivity index (χ4n) is 2.73. The van der Waals surface area contributed by atoms with Gasteiger partial charge in [-0.15, -0.1) is 5.10 Å². The highest BCUT2D eigenvalue weighted by atomic mass is 16.2. The molecule has 1 aromatic heterocycles. The predicted molar refractivity (Wildman–Crippen MR) is 94.7 cm³/mol. The zero-order valence-corrected chi connectivity index (χ0v) is 14.3. The molecule has 0 spiro atoms. The first-order valence-corrected chi connectivity index (χ1v) is 7.82. The lowest BCUT2D eigenvalue weighted by molar-refractivity contribution is 0.0987. The third-order valence-electron chi connectivity index (χ3n) is 4.13. The van der Waals surface area contributed by atoms with Gasteiger partial charge in [0.05, 0.1) is 11.4 Å². The zero-order valence-electron chi connectivity index (χ0n) is 14.3. The molecule has 0 aliphatic carbocycles. The summed E-state index contributed by atoms with van der Waals surface area (Å²) in [7, 11) is 1.74. The molecule has 0 unspecified atom stereocenters. The molecule has 0 saturated heterocycles. The molecule has 3 rings (SSSR count). The number of hydrogen-bond acceptors (Lipinski definition) is 3. The lowest BCUT2D eigenvalue weighted by atomic mass is 10.1. The summed E-state index contributed by atoms with van der Waals surface area (Å²) in [6, 6.07) is 15.6. The normalized spacial score (nSPS) is 10.7. The van der Waals surface area contributed by atoms with Gasteiger partial charge in [0, 0.05) is 12.7 Å². The van der Waals surface area contributed by atoms with Crippen molar-refractivity contribution >= 4 is 11.6 Å². The first-order valence-electron chi connectivity index (χ1n) is 7.82. The zero-order chi connectivity index (χ0) is 17.3. The van der Waals surface area contributed by atoms with Crippen LogP contribution in [0.15, 0.2) is 48.5 Å². The van der Waals surface area contributed by atoms with Gasteiger partial charge < -0.3 is 4.90 Å². The number of nitrogens with zero attached hydrogens (tertiary/aromatic N) is 4. The number of anilines is 1. The summed E-state index contributed by atoms with van der Waals surface area (Å²) >= 11 is 0. The molecule has 0 fully saturated rings. The molecular formula is C19H20N4O. The molecule has 5 heteroatoms. The van der Waals surface area contributed by atoms with Gasteiger partial charge >= 0.3 is 0 Å². The van der Waals surface area contributed by atoms with E-state index < -0.39 is 0 Å². The van der Waals surface area contributed by atoms with Crippen LogP contribution in [-0.4, -0.2) is 27.9 Å². The first kappa shape index (κ1) is 15.9. The fraction of sp³-hybridized carbons (Fsp3) is 0.211. The largest absolute Gasteiger partial charge is 0.310 e. The van der Waals surface area contributed by atoms with Crippen molar-refractivity contribution in [3.05, 3.63) is 71.0 Å². The molecule has 0 aliphatic heterocycles. The van der Waals surface area contributed by atoms with Crippen LogP contribution in [0.25, 0.3) is 5.69 Å². The molecule has 0 N–H and O–H groups in total. The monoisotopic (exact) mass is 320 g/mol. The number of aromatic nitrogens is 3. The molecule has 1 heterocycles. The molecule has 2 aromatic carbocycles. The van der Waals surface area contributed by atoms with Gasteiger partial charge in [0.1, 0.15) is 0 Å². The Morgan fingerprint density at radius 2 is 1.75 bits per heavy atom. The van der Waals surface area contributed by atoms with Crippen LogP contribution in [0.1, 0.15) is 27.3 Å². The number of rotatable bonds is 3. The minimum Gasteiger partial charge on any atom is -0.310 e. The van der Waals surface area contributed by atoms with Crippen molar-refractivity contribution in [3.63, 3.8) is 0 Å². The van der Waals surface area contributed by atoms with Crippen molar-refractivity contribution in [1.29, 1.82) is 0 Å². The predicted octanol–water partition coefficient (Wildman–Crippen LogP) is 3.47. The summed E-state index contributed by atoms with van der Waals surface area (Å²) in [5.41, 5.74) is 5.14. The standard InChI is InChI=1S/C19H20N4O/c1-13-10-11-17(14(2)12-13)23-15(3)18(20-21-23)19(24)22(4)16-8-6-5-7-9-16/h5-12H,1-4H3. The molecule has 122 valence electrons. The first-order chi connectivity index (χ1) is 11.5. The maximum atomic E-state index is 12.8. The van der Waals surface area contributed by atoms with E-state index in [1.165, 1.54) is 5.56 Å². The highest BCUT2D eigenvalue weighted by Gasteiger charge is 2.22. The van der Waals surface area contributed by atoms with Crippen molar-refractivity contribution in [2.45, 2.75) is 20.8 Å². The topological polar surface area (TPSA) is 51.0 Å². The number of carbonyl (C=O) groups is 1. The van der Waals surface area contributed by atoms with Crippen LogP contribution in [-0.2, 0) is 0 Å². The summed E-state index contributed by atoms with van der Waals surface area (Å²) in [6.45, 7) is 5.95. The Morgan fingerprint density at radius 3 is 2.42 bits per heavy atom. The van der Waals surface area contributed by atoms with Gasteiger partial charge in [-0.25, -0.2) is 4.68 Å². The molecule has 0 radical (unpaired) electrons. The van der Waals surface area contributed by atoms with E-state index in [0.717, 1.165) is 22.6 Å². The van der Waals surface area contributed by atoms with E-state index in [9.17, 15) is 4.79 Å². The minimum atomic E-state index is -0.172. The van der Waals surface area contributed by atoms with Crippen molar-refractivity contribution in [2.75, 3.05) is 11.9 Å². The Kier molecular flexibility index (Phi) is 4.16. The molecule has 0 aliphatic rings. The maximum Gasteiger partial charge on any atom is 0.280 e. The second kappa shape index (κ2) is 6.28. The third-order valence-corrected chi connectivity index (χ3v) is 4.13. The highest BCUT2D eigenvalue weighted by Crippen LogP contribution is 2.20. The minimum absolute atomic E-state index is 0.172. The van der Waals surface area contributed by atoms with E-state index >= 15 is 0 Å². The van der Waals surface area contributed by atoms with Crippen LogP contribution in [0.4, 0.5) is 5.69 Å². The smallest absolute Gasteiger partial charge is 0.280 e. The van der Waals surface area contributed by atoms with Gasteiger partial charge in [0.2, 0.25) is 0 Å². The van der Waals surface area contributed by atoms with E-state index in [1.807, 2.05) is 56.3 Å². The Bertz CT molecular complexity index is 884. The van der Waals surface area contributed by atoms with E-state index in [-0.39, 0.29) is 5.91 Å². The van der Waals surface area contributed by atoms with Crippen LogP contribution >= 0.6 is 0 Å². The molecule has 1 amide bonds. The number of amides is 1. The second-order valence-corrected chi connectivity index (χ2v) is 5.92. The van der Waals surface area contributed by atoms with Gasteiger partial charge in [-0.2, -0.15) is 0 Å². The molecule has 5 nitrogen and oxygen atoms in total. The van der Waals surface area contributed by atoms with Crippen molar-refractivity contribution in [1.82, 2.24) is 15.0 Å². The Balaban J connectivity index is 1.96. The van der Waals surface area contributed by atoms with E-state index in [4.69, 9.17) is 0 Å². The van der Waals surface area contributed by atoms with Gasteiger partial charge in [-0.05, 0) is 44.5 Å². The lowest BCUT2D eigenvalue weighted by Crippen LogP contribution is -2.27. The number of hydrogen-bond donors (Lipinski definition) is 0. The molecule has 0 atom stereocenters. The van der Waals surface area contributed by atoms with E-state index in [0.29, 0.717) is 5.69 Å². The van der Waals surface area contributed by atoms with Crippen molar-refractivity contribution in [3.8, 4) is 5.69 Å². The summed E-state index contributed by atoms with van der Waals surface area (Å²) in [5, 5.41) is 8.32. The molecule has 24 heavy (non-hydrogen) atoms. The van der Waals surface area contributed by atoms with Gasteiger partial charge in [-0.1, -0.05) is 41.1 Å². The Morgan fingerprint density at radius 1 is 1.04 bits per heavy atom. The second-order valence-electron chi connectivity index (χ2n) is 5.92. The summed E-state index contributed by atoms with van der Waals surface area (Å²) < 4.78 is 1.72. The number of carbonyl (C=O) groups excluding carboxylic acids is 1. The van der Waals surface area contributed by atoms with Crippen LogP contribution < -0.4 is 4.90 Å². The molecule has 3 aromatic rings. The summed E-state index contributed by atoms with van der Waals surface area (Å²) in [5.74, 6) is -0.172.